The topological polar surface area (TPSA) is 46.2 Å². The van der Waals surface area contributed by atoms with Gasteiger partial charge in [0.25, 0.3) is 0 Å². The Bertz CT molecular complexity index is 572. The molecular formula is C18H20NO. The summed E-state index contributed by atoms with van der Waals surface area (Å²) in [6.07, 6.45) is 8.17. The molecule has 2 heteroatoms. The summed E-state index contributed by atoms with van der Waals surface area (Å²) < 4.78 is 0. The molecule has 4 fully saturated rings. The minimum atomic E-state index is 0.110. The Labute approximate surface area is 120 Å². The van der Waals surface area contributed by atoms with E-state index in [2.05, 4.69) is 17.9 Å². The van der Waals surface area contributed by atoms with Gasteiger partial charge in [-0.2, -0.15) is 0 Å². The number of aromatic hydroxyl groups is 1. The van der Waals surface area contributed by atoms with Crippen molar-refractivity contribution in [2.45, 2.75) is 38.5 Å². The van der Waals surface area contributed by atoms with E-state index in [9.17, 15) is 5.11 Å². The largest absolute Gasteiger partial charge is 0.506 e. The van der Waals surface area contributed by atoms with Gasteiger partial charge in [-0.05, 0) is 68.4 Å². The Hall–Kier alpha value is -1.62. The number of rotatable bonds is 0. The van der Waals surface area contributed by atoms with Gasteiger partial charge in [-0.25, -0.2) is 0 Å². The second-order valence-corrected chi connectivity index (χ2v) is 7.14. The third-order valence-electron chi connectivity index (χ3n) is 5.46. The quantitative estimate of drug-likeness (QED) is 0.430. The van der Waals surface area contributed by atoms with Crippen LogP contribution in [0.5, 0.6) is 5.75 Å². The molecule has 5 rings (SSSR count). The summed E-state index contributed by atoms with van der Waals surface area (Å²) in [6.45, 7) is 0. The van der Waals surface area contributed by atoms with Crippen molar-refractivity contribution in [1.29, 1.82) is 0 Å². The summed E-state index contributed by atoms with van der Waals surface area (Å²) >= 11 is 0. The molecule has 2 nitrogen and oxygen atoms in total. The fourth-order valence-corrected chi connectivity index (χ4v) is 5.03. The van der Waals surface area contributed by atoms with Gasteiger partial charge in [0.15, 0.2) is 0 Å². The molecule has 0 unspecified atom stereocenters. The van der Waals surface area contributed by atoms with Crippen molar-refractivity contribution in [2.24, 2.45) is 23.2 Å². The lowest BCUT2D eigenvalue weighted by Crippen LogP contribution is -2.45. The lowest BCUT2D eigenvalue weighted by atomic mass is 9.50. The van der Waals surface area contributed by atoms with Gasteiger partial charge in [0.2, 0.25) is 0 Å². The van der Waals surface area contributed by atoms with Gasteiger partial charge in [0.1, 0.15) is 5.75 Å². The first kappa shape index (κ1) is 12.1. The van der Waals surface area contributed by atoms with E-state index in [0.717, 1.165) is 23.3 Å². The van der Waals surface area contributed by atoms with Crippen LogP contribution >= 0.6 is 0 Å². The van der Waals surface area contributed by atoms with Crippen molar-refractivity contribution in [2.75, 3.05) is 5.73 Å². The molecule has 4 saturated carbocycles. The number of nitrogens with two attached hydrogens (primary N) is 1. The summed E-state index contributed by atoms with van der Waals surface area (Å²) in [5.41, 5.74) is 6.97. The Morgan fingerprint density at radius 3 is 2.30 bits per heavy atom. The molecule has 103 valence electrons. The van der Waals surface area contributed by atoms with Gasteiger partial charge in [-0.1, -0.05) is 11.8 Å². The van der Waals surface area contributed by atoms with E-state index >= 15 is 0 Å². The predicted molar refractivity (Wildman–Crippen MR) is 78.8 cm³/mol. The minimum Gasteiger partial charge on any atom is -0.506 e. The molecule has 1 aromatic carbocycles. The summed E-state index contributed by atoms with van der Waals surface area (Å²) in [5, 5.41) is 9.65. The molecule has 1 radical (unpaired) electrons. The van der Waals surface area contributed by atoms with Gasteiger partial charge >= 0.3 is 0 Å². The normalized spacial score (nSPS) is 37.5. The molecule has 20 heavy (non-hydrogen) atoms. The summed E-state index contributed by atoms with van der Waals surface area (Å²) in [6, 6.07) is 6.29. The Morgan fingerprint density at radius 1 is 1.15 bits per heavy atom. The summed E-state index contributed by atoms with van der Waals surface area (Å²) in [5.74, 6) is 9.66. The number of hydrogen-bond acceptors (Lipinski definition) is 2. The number of nitrogen functional groups attached to an aromatic ring is 1. The van der Waals surface area contributed by atoms with Crippen LogP contribution in [0.2, 0.25) is 0 Å². The molecule has 1 aromatic rings. The number of phenols is 1. The van der Waals surface area contributed by atoms with Gasteiger partial charge in [-0.15, -0.1) is 0 Å². The first-order valence-corrected chi connectivity index (χ1v) is 7.65. The smallest absolute Gasteiger partial charge is 0.139 e. The van der Waals surface area contributed by atoms with E-state index in [-0.39, 0.29) is 11.2 Å². The SMILES string of the molecule is Nc1c[c]c(C#CC23CC4CC(CC(C4)C2)C3)cc1O. The molecule has 4 aliphatic rings. The lowest BCUT2D eigenvalue weighted by molar-refractivity contribution is -0.0181. The average molecular weight is 266 g/mol. The zero-order valence-corrected chi connectivity index (χ0v) is 11.7. The summed E-state index contributed by atoms with van der Waals surface area (Å²) in [7, 11) is 0. The fourth-order valence-electron chi connectivity index (χ4n) is 5.03. The molecule has 3 N–H and O–H groups in total. The van der Waals surface area contributed by atoms with Crippen LogP contribution in [0, 0.1) is 41.1 Å². The molecule has 4 aliphatic carbocycles. The number of phenolic OH excluding ortho intramolecular Hbond substituents is 1. The molecule has 0 atom stereocenters. The van der Waals surface area contributed by atoms with Gasteiger partial charge < -0.3 is 10.8 Å². The van der Waals surface area contributed by atoms with Gasteiger partial charge in [0, 0.05) is 17.0 Å². The third-order valence-corrected chi connectivity index (χ3v) is 5.46. The van der Waals surface area contributed by atoms with Gasteiger partial charge in [0.05, 0.1) is 5.69 Å². The van der Waals surface area contributed by atoms with Crippen LogP contribution in [-0.4, -0.2) is 5.11 Å². The van der Waals surface area contributed by atoms with E-state index in [0.29, 0.717) is 5.69 Å². The van der Waals surface area contributed by atoms with E-state index in [1.165, 1.54) is 38.5 Å². The predicted octanol–water partition coefficient (Wildman–Crippen LogP) is 3.34. The maximum atomic E-state index is 9.65. The monoisotopic (exact) mass is 266 g/mol. The van der Waals surface area contributed by atoms with Crippen molar-refractivity contribution in [1.82, 2.24) is 0 Å². The highest BCUT2D eigenvalue weighted by molar-refractivity contribution is 5.55. The molecule has 0 aromatic heterocycles. The standard InChI is InChI=1S/C18H20NO/c19-16-2-1-12(8-17(16)20)3-4-18-9-13-5-14(10-18)7-15(6-13)11-18/h2,8,13-15,20H,5-7,9-11,19H2. The van der Waals surface area contributed by atoms with Crippen LogP contribution in [0.25, 0.3) is 0 Å². The minimum absolute atomic E-state index is 0.110. The second-order valence-electron chi connectivity index (χ2n) is 7.14. The first-order chi connectivity index (χ1) is 9.62. The van der Waals surface area contributed by atoms with E-state index in [1.54, 1.807) is 12.1 Å². The maximum absolute atomic E-state index is 9.65. The van der Waals surface area contributed by atoms with Crippen LogP contribution in [0.4, 0.5) is 5.69 Å². The highest BCUT2D eigenvalue weighted by atomic mass is 16.3. The van der Waals surface area contributed by atoms with Crippen molar-refractivity contribution < 1.29 is 5.11 Å². The van der Waals surface area contributed by atoms with E-state index in [4.69, 9.17) is 5.73 Å². The Balaban J connectivity index is 1.62. The van der Waals surface area contributed by atoms with Crippen LogP contribution in [0.1, 0.15) is 44.1 Å². The zero-order chi connectivity index (χ0) is 13.7. The molecule has 0 spiro atoms. The highest BCUT2D eigenvalue weighted by Gasteiger charge is 2.50. The van der Waals surface area contributed by atoms with Crippen LogP contribution in [0.15, 0.2) is 12.1 Å². The summed E-state index contributed by atoms with van der Waals surface area (Å²) in [4.78, 5) is 0. The second kappa shape index (κ2) is 4.19. The van der Waals surface area contributed by atoms with Crippen molar-refractivity contribution in [3.05, 3.63) is 23.8 Å². The average Bonchev–Trinajstić information content (AvgIpc) is 2.39. The molecule has 4 bridgehead atoms. The van der Waals surface area contributed by atoms with Crippen molar-refractivity contribution in [3.63, 3.8) is 0 Å². The first-order valence-electron chi connectivity index (χ1n) is 7.65. The Kier molecular flexibility index (Phi) is 2.54. The van der Waals surface area contributed by atoms with Gasteiger partial charge in [-0.3, -0.25) is 0 Å². The molecule has 0 heterocycles. The molecular weight excluding hydrogens is 246 g/mol. The third kappa shape index (κ3) is 1.97. The lowest BCUT2D eigenvalue weighted by Gasteiger charge is -2.54. The zero-order valence-electron chi connectivity index (χ0n) is 11.7. The molecule has 0 saturated heterocycles. The molecule has 0 amide bonds. The van der Waals surface area contributed by atoms with E-state index in [1.807, 2.05) is 0 Å². The number of benzene rings is 1. The van der Waals surface area contributed by atoms with Crippen LogP contribution in [-0.2, 0) is 0 Å². The van der Waals surface area contributed by atoms with Crippen LogP contribution in [0.3, 0.4) is 0 Å². The maximum Gasteiger partial charge on any atom is 0.139 e. The number of anilines is 1. The van der Waals surface area contributed by atoms with Crippen molar-refractivity contribution in [3.8, 4) is 17.6 Å². The number of hydrogen-bond donors (Lipinski definition) is 2. The fraction of sp³-hybridized carbons (Fsp3) is 0.556. The Morgan fingerprint density at radius 2 is 1.75 bits per heavy atom. The van der Waals surface area contributed by atoms with E-state index < -0.39 is 0 Å². The molecule has 0 aliphatic heterocycles. The van der Waals surface area contributed by atoms with Crippen LogP contribution < -0.4 is 5.73 Å². The highest BCUT2D eigenvalue weighted by Crippen LogP contribution is 2.59. The van der Waals surface area contributed by atoms with Crippen molar-refractivity contribution >= 4 is 5.69 Å².